The molecule has 2 heterocycles. The van der Waals surface area contributed by atoms with Crippen LogP contribution >= 0.6 is 0 Å². The topological polar surface area (TPSA) is 76.3 Å². The van der Waals surface area contributed by atoms with Crippen molar-refractivity contribution in [2.24, 2.45) is 5.84 Å². The number of nitrogens with two attached hydrogens (primary N) is 1. The molecule has 0 aromatic carbocycles. The number of piperidine rings is 1. The molecule has 1 aromatic rings. The molecule has 1 atom stereocenters. The lowest BCUT2D eigenvalue weighted by atomic mass is 10.1. The van der Waals surface area contributed by atoms with Crippen molar-refractivity contribution in [3.05, 3.63) is 17.6 Å². The predicted octanol–water partition coefficient (Wildman–Crippen LogP) is 0.681. The number of aryl methyl sites for hydroxylation is 1. The zero-order chi connectivity index (χ0) is 13.0. The van der Waals surface area contributed by atoms with E-state index in [1.807, 2.05) is 13.0 Å². The van der Waals surface area contributed by atoms with Gasteiger partial charge in [0.1, 0.15) is 11.6 Å². The fraction of sp³-hybridized carbons (Fsp3) is 0.667. The predicted molar refractivity (Wildman–Crippen MR) is 69.9 cm³/mol. The second-order valence-electron chi connectivity index (χ2n) is 4.69. The van der Waals surface area contributed by atoms with E-state index in [4.69, 9.17) is 10.6 Å². The number of hydrazine groups is 1. The Morgan fingerprint density at radius 2 is 2.39 bits per heavy atom. The average Bonchev–Trinajstić information content (AvgIpc) is 2.38. The lowest BCUT2D eigenvalue weighted by Crippen LogP contribution is -2.39. The smallest absolute Gasteiger partial charge is 0.145 e. The second-order valence-corrected chi connectivity index (χ2v) is 4.69. The SMILES string of the molecule is COC1CCCN(Cc2nc(C)cc(NN)n2)C1. The van der Waals surface area contributed by atoms with Crippen molar-refractivity contribution in [3.8, 4) is 0 Å². The molecule has 0 saturated carbocycles. The third-order valence-corrected chi connectivity index (χ3v) is 3.21. The van der Waals surface area contributed by atoms with Gasteiger partial charge in [0.15, 0.2) is 0 Å². The number of aromatic nitrogens is 2. The van der Waals surface area contributed by atoms with Crippen LogP contribution in [0.1, 0.15) is 24.4 Å². The molecular weight excluding hydrogens is 230 g/mol. The van der Waals surface area contributed by atoms with Crippen LogP contribution in [0.3, 0.4) is 0 Å². The minimum atomic E-state index is 0.329. The van der Waals surface area contributed by atoms with E-state index in [9.17, 15) is 0 Å². The Hall–Kier alpha value is -1.24. The summed E-state index contributed by atoms with van der Waals surface area (Å²) in [6, 6.07) is 1.83. The Morgan fingerprint density at radius 3 is 3.11 bits per heavy atom. The molecular formula is C12H21N5O. The van der Waals surface area contributed by atoms with Crippen molar-refractivity contribution in [3.63, 3.8) is 0 Å². The van der Waals surface area contributed by atoms with Crippen LogP contribution in [-0.4, -0.2) is 41.2 Å². The van der Waals surface area contributed by atoms with Gasteiger partial charge in [-0.25, -0.2) is 15.8 Å². The molecule has 6 heteroatoms. The van der Waals surface area contributed by atoms with Crippen LogP contribution in [0.15, 0.2) is 6.07 Å². The molecule has 0 aliphatic carbocycles. The fourth-order valence-corrected chi connectivity index (χ4v) is 2.32. The lowest BCUT2D eigenvalue weighted by Gasteiger charge is -2.31. The molecule has 100 valence electrons. The van der Waals surface area contributed by atoms with Gasteiger partial charge in [0.05, 0.1) is 12.6 Å². The van der Waals surface area contributed by atoms with Gasteiger partial charge in [-0.15, -0.1) is 0 Å². The Bertz CT molecular complexity index is 398. The summed E-state index contributed by atoms with van der Waals surface area (Å²) in [5.74, 6) is 6.86. The maximum atomic E-state index is 5.41. The molecule has 18 heavy (non-hydrogen) atoms. The molecule has 6 nitrogen and oxygen atoms in total. The number of nitrogens with one attached hydrogen (secondary N) is 1. The van der Waals surface area contributed by atoms with Crippen molar-refractivity contribution in [1.29, 1.82) is 0 Å². The number of anilines is 1. The first-order valence-corrected chi connectivity index (χ1v) is 6.27. The Labute approximate surface area is 108 Å². The van der Waals surface area contributed by atoms with Gasteiger partial charge < -0.3 is 10.2 Å². The molecule has 0 amide bonds. The highest BCUT2D eigenvalue weighted by Gasteiger charge is 2.20. The van der Waals surface area contributed by atoms with Crippen LogP contribution in [0.25, 0.3) is 0 Å². The Balaban J connectivity index is 2.02. The number of likely N-dealkylation sites (tertiary alicyclic amines) is 1. The summed E-state index contributed by atoms with van der Waals surface area (Å²) in [4.78, 5) is 11.1. The molecule has 1 unspecified atom stereocenters. The minimum Gasteiger partial charge on any atom is -0.380 e. The maximum absolute atomic E-state index is 5.41. The van der Waals surface area contributed by atoms with Crippen molar-refractivity contribution >= 4 is 5.82 Å². The summed E-state index contributed by atoms with van der Waals surface area (Å²) in [5, 5.41) is 0. The van der Waals surface area contributed by atoms with E-state index in [0.717, 1.165) is 44.0 Å². The molecule has 1 saturated heterocycles. The van der Waals surface area contributed by atoms with E-state index in [1.54, 1.807) is 7.11 Å². The zero-order valence-corrected chi connectivity index (χ0v) is 11.0. The maximum Gasteiger partial charge on any atom is 0.145 e. The van der Waals surface area contributed by atoms with Gasteiger partial charge in [-0.05, 0) is 26.3 Å². The van der Waals surface area contributed by atoms with Crippen molar-refractivity contribution < 1.29 is 4.74 Å². The third kappa shape index (κ3) is 3.38. The normalized spacial score (nSPS) is 20.9. The van der Waals surface area contributed by atoms with E-state index in [2.05, 4.69) is 20.3 Å². The number of ether oxygens (including phenoxy) is 1. The summed E-state index contributed by atoms with van der Waals surface area (Å²) in [7, 11) is 1.77. The molecule has 1 aliphatic heterocycles. The first-order valence-electron chi connectivity index (χ1n) is 6.27. The Kier molecular flexibility index (Phi) is 4.46. The number of rotatable bonds is 4. The number of methoxy groups -OCH3 is 1. The van der Waals surface area contributed by atoms with Crippen LogP contribution in [0.2, 0.25) is 0 Å². The average molecular weight is 251 g/mol. The largest absolute Gasteiger partial charge is 0.380 e. The van der Waals surface area contributed by atoms with E-state index < -0.39 is 0 Å². The first-order chi connectivity index (χ1) is 8.71. The van der Waals surface area contributed by atoms with Crippen LogP contribution in [0, 0.1) is 6.92 Å². The molecule has 1 aliphatic rings. The van der Waals surface area contributed by atoms with E-state index in [-0.39, 0.29) is 0 Å². The van der Waals surface area contributed by atoms with Crippen LogP contribution in [0.5, 0.6) is 0 Å². The van der Waals surface area contributed by atoms with Gasteiger partial charge >= 0.3 is 0 Å². The molecule has 1 aromatic heterocycles. The summed E-state index contributed by atoms with van der Waals surface area (Å²) in [5.41, 5.74) is 3.50. The van der Waals surface area contributed by atoms with Gasteiger partial charge in [0, 0.05) is 25.4 Å². The van der Waals surface area contributed by atoms with Gasteiger partial charge in [-0.2, -0.15) is 0 Å². The van der Waals surface area contributed by atoms with Crippen molar-refractivity contribution in [2.45, 2.75) is 32.4 Å². The first kappa shape index (κ1) is 13.2. The molecule has 0 spiro atoms. The summed E-state index contributed by atoms with van der Waals surface area (Å²) < 4.78 is 5.41. The zero-order valence-electron chi connectivity index (χ0n) is 11.0. The van der Waals surface area contributed by atoms with E-state index in [1.165, 1.54) is 0 Å². The summed E-state index contributed by atoms with van der Waals surface area (Å²) in [6.07, 6.45) is 2.62. The minimum absolute atomic E-state index is 0.329. The van der Waals surface area contributed by atoms with Crippen LogP contribution < -0.4 is 11.3 Å². The van der Waals surface area contributed by atoms with Crippen LogP contribution in [0.4, 0.5) is 5.82 Å². The summed E-state index contributed by atoms with van der Waals surface area (Å²) >= 11 is 0. The Morgan fingerprint density at radius 1 is 1.56 bits per heavy atom. The van der Waals surface area contributed by atoms with Gasteiger partial charge in [-0.1, -0.05) is 0 Å². The second kappa shape index (κ2) is 6.08. The fourth-order valence-electron chi connectivity index (χ4n) is 2.32. The molecule has 0 bridgehead atoms. The molecule has 3 N–H and O–H groups in total. The molecule has 2 rings (SSSR count). The van der Waals surface area contributed by atoms with Crippen molar-refractivity contribution in [2.75, 3.05) is 25.6 Å². The monoisotopic (exact) mass is 251 g/mol. The number of hydrogen-bond donors (Lipinski definition) is 2. The molecule has 1 fully saturated rings. The standard InChI is InChI=1S/C12H21N5O/c1-9-6-11(16-13)15-12(14-9)8-17-5-3-4-10(7-17)18-2/h6,10H,3-5,7-8,13H2,1-2H3,(H,14,15,16). The third-order valence-electron chi connectivity index (χ3n) is 3.21. The van der Waals surface area contributed by atoms with Crippen LogP contribution in [-0.2, 0) is 11.3 Å². The highest BCUT2D eigenvalue weighted by Crippen LogP contribution is 2.15. The van der Waals surface area contributed by atoms with Gasteiger partial charge in [0.2, 0.25) is 0 Å². The van der Waals surface area contributed by atoms with E-state index >= 15 is 0 Å². The van der Waals surface area contributed by atoms with Gasteiger partial charge in [0.25, 0.3) is 0 Å². The number of hydrogen-bond acceptors (Lipinski definition) is 6. The van der Waals surface area contributed by atoms with Gasteiger partial charge in [-0.3, -0.25) is 4.90 Å². The lowest BCUT2D eigenvalue weighted by molar-refractivity contribution is 0.0277. The van der Waals surface area contributed by atoms with Crippen molar-refractivity contribution in [1.82, 2.24) is 14.9 Å². The number of nitrogens with zero attached hydrogens (tertiary/aromatic N) is 3. The van der Waals surface area contributed by atoms with E-state index in [0.29, 0.717) is 11.9 Å². The molecule has 0 radical (unpaired) electrons. The quantitative estimate of drug-likeness (QED) is 0.605. The number of nitrogen functional groups attached to an aromatic ring is 1. The highest BCUT2D eigenvalue weighted by atomic mass is 16.5. The highest BCUT2D eigenvalue weighted by molar-refractivity contribution is 5.33. The summed E-state index contributed by atoms with van der Waals surface area (Å²) in [6.45, 7) is 4.71.